The van der Waals surface area contributed by atoms with Crippen LogP contribution in [0.4, 0.5) is 5.69 Å². The summed E-state index contributed by atoms with van der Waals surface area (Å²) in [6, 6.07) is 8.43. The second-order valence-corrected chi connectivity index (χ2v) is 5.37. The van der Waals surface area contributed by atoms with Crippen LogP contribution in [0.5, 0.6) is 0 Å². The summed E-state index contributed by atoms with van der Waals surface area (Å²) in [6.07, 6.45) is 0. The van der Waals surface area contributed by atoms with Crippen LogP contribution in [0.2, 0.25) is 0 Å². The molecule has 1 rings (SSSR count). The van der Waals surface area contributed by atoms with E-state index >= 15 is 0 Å². The van der Waals surface area contributed by atoms with Gasteiger partial charge in [0.2, 0.25) is 0 Å². The van der Waals surface area contributed by atoms with Gasteiger partial charge in [-0.25, -0.2) is 0 Å². The molecule has 1 N–H and O–H groups in total. The van der Waals surface area contributed by atoms with Crippen molar-refractivity contribution >= 4 is 5.69 Å². The maximum atomic E-state index is 10.4. The first-order valence-corrected chi connectivity index (χ1v) is 6.41. The molecular formula is C15H25NO. The number of aliphatic hydroxyl groups is 1. The summed E-state index contributed by atoms with van der Waals surface area (Å²) in [5.74, 6) is 0.251. The minimum atomic E-state index is -0.653. The number of rotatable bonds is 5. The van der Waals surface area contributed by atoms with E-state index in [2.05, 4.69) is 56.9 Å². The third kappa shape index (κ3) is 3.74. The molecule has 0 aliphatic carbocycles. The average molecular weight is 235 g/mol. The van der Waals surface area contributed by atoms with E-state index in [1.807, 2.05) is 6.92 Å². The second kappa shape index (κ2) is 5.54. The zero-order chi connectivity index (χ0) is 13.1. The fourth-order valence-corrected chi connectivity index (χ4v) is 1.78. The molecule has 0 aliphatic heterocycles. The highest BCUT2D eigenvalue weighted by Crippen LogP contribution is 2.22. The molecule has 1 atom stereocenters. The smallest absolute Gasteiger partial charge is 0.0816 e. The van der Waals surface area contributed by atoms with Crippen molar-refractivity contribution in [3.63, 3.8) is 0 Å². The highest BCUT2D eigenvalue weighted by Gasteiger charge is 2.27. The molecule has 0 fully saturated rings. The Labute approximate surface area is 105 Å². The van der Waals surface area contributed by atoms with Crippen molar-refractivity contribution in [1.82, 2.24) is 0 Å². The van der Waals surface area contributed by atoms with Gasteiger partial charge in [0.25, 0.3) is 0 Å². The molecule has 0 aromatic heterocycles. The normalized spacial score (nSPS) is 14.8. The first kappa shape index (κ1) is 14.0. The lowest BCUT2D eigenvalue weighted by Crippen LogP contribution is -2.44. The van der Waals surface area contributed by atoms with Crippen LogP contribution >= 0.6 is 0 Å². The molecule has 2 heteroatoms. The molecule has 17 heavy (non-hydrogen) atoms. The molecule has 0 saturated heterocycles. The van der Waals surface area contributed by atoms with E-state index in [1.165, 1.54) is 11.3 Å². The highest BCUT2D eigenvalue weighted by atomic mass is 16.3. The lowest BCUT2D eigenvalue weighted by atomic mass is 9.92. The lowest BCUT2D eigenvalue weighted by molar-refractivity contribution is 0.0208. The molecule has 0 spiro atoms. The number of hydrogen-bond acceptors (Lipinski definition) is 2. The van der Waals surface area contributed by atoms with E-state index in [4.69, 9.17) is 0 Å². The van der Waals surface area contributed by atoms with Gasteiger partial charge in [-0.05, 0) is 44.4 Å². The molecular weight excluding hydrogens is 210 g/mol. The van der Waals surface area contributed by atoms with Gasteiger partial charge in [-0.1, -0.05) is 26.0 Å². The van der Waals surface area contributed by atoms with E-state index < -0.39 is 5.60 Å². The molecule has 1 aromatic rings. The van der Waals surface area contributed by atoms with Crippen LogP contribution in [0.3, 0.4) is 0 Å². The molecule has 0 saturated carbocycles. The zero-order valence-electron chi connectivity index (χ0n) is 11.7. The van der Waals surface area contributed by atoms with Gasteiger partial charge >= 0.3 is 0 Å². The number of hydrogen-bond donors (Lipinski definition) is 1. The summed E-state index contributed by atoms with van der Waals surface area (Å²) in [6.45, 7) is 11.8. The SMILES string of the molecule is CCN(CC(C)(O)C(C)C)c1cccc(C)c1. The van der Waals surface area contributed by atoms with E-state index in [9.17, 15) is 5.11 Å². The van der Waals surface area contributed by atoms with Gasteiger partial charge in [-0.3, -0.25) is 0 Å². The van der Waals surface area contributed by atoms with Crippen molar-refractivity contribution < 1.29 is 5.11 Å². The predicted molar refractivity (Wildman–Crippen MR) is 74.5 cm³/mol. The van der Waals surface area contributed by atoms with E-state index in [0.29, 0.717) is 6.54 Å². The van der Waals surface area contributed by atoms with Gasteiger partial charge in [-0.15, -0.1) is 0 Å². The third-order valence-electron chi connectivity index (χ3n) is 3.50. The minimum absolute atomic E-state index is 0.251. The van der Waals surface area contributed by atoms with E-state index in [0.717, 1.165) is 6.54 Å². The maximum Gasteiger partial charge on any atom is 0.0816 e. The van der Waals surface area contributed by atoms with Gasteiger partial charge in [0.15, 0.2) is 0 Å². The standard InChI is InChI=1S/C15H25NO/c1-6-16(11-15(5,17)12(2)3)14-9-7-8-13(4)10-14/h7-10,12,17H,6,11H2,1-5H3. The largest absolute Gasteiger partial charge is 0.388 e. The van der Waals surface area contributed by atoms with Crippen LogP contribution in [0, 0.1) is 12.8 Å². The molecule has 0 amide bonds. The predicted octanol–water partition coefficient (Wildman–Crippen LogP) is 3.23. The Bertz CT molecular complexity index is 358. The second-order valence-electron chi connectivity index (χ2n) is 5.37. The fraction of sp³-hybridized carbons (Fsp3) is 0.600. The lowest BCUT2D eigenvalue weighted by Gasteiger charge is -2.35. The molecule has 96 valence electrons. The van der Waals surface area contributed by atoms with Gasteiger partial charge in [0, 0.05) is 18.8 Å². The Balaban J connectivity index is 2.86. The fourth-order valence-electron chi connectivity index (χ4n) is 1.78. The Morgan fingerprint density at radius 3 is 2.47 bits per heavy atom. The number of benzene rings is 1. The third-order valence-corrected chi connectivity index (χ3v) is 3.50. The zero-order valence-corrected chi connectivity index (χ0v) is 11.7. The van der Waals surface area contributed by atoms with Crippen LogP contribution in [0.1, 0.15) is 33.3 Å². The monoisotopic (exact) mass is 235 g/mol. The summed E-state index contributed by atoms with van der Waals surface area (Å²) >= 11 is 0. The van der Waals surface area contributed by atoms with Gasteiger partial charge < -0.3 is 10.0 Å². The number of anilines is 1. The van der Waals surface area contributed by atoms with Crippen LogP contribution in [0.25, 0.3) is 0 Å². The van der Waals surface area contributed by atoms with E-state index in [-0.39, 0.29) is 5.92 Å². The van der Waals surface area contributed by atoms with Crippen molar-refractivity contribution in [2.45, 2.75) is 40.2 Å². The molecule has 1 aromatic carbocycles. The van der Waals surface area contributed by atoms with Crippen molar-refractivity contribution in [2.24, 2.45) is 5.92 Å². The van der Waals surface area contributed by atoms with Gasteiger partial charge in [0.1, 0.15) is 0 Å². The number of likely N-dealkylation sites (N-methyl/N-ethyl adjacent to an activating group) is 1. The van der Waals surface area contributed by atoms with E-state index in [1.54, 1.807) is 0 Å². The van der Waals surface area contributed by atoms with Crippen molar-refractivity contribution in [1.29, 1.82) is 0 Å². The summed E-state index contributed by atoms with van der Waals surface area (Å²) in [7, 11) is 0. The van der Waals surface area contributed by atoms with Crippen molar-refractivity contribution in [3.8, 4) is 0 Å². The molecule has 2 nitrogen and oxygen atoms in total. The summed E-state index contributed by atoms with van der Waals surface area (Å²) in [5.41, 5.74) is 1.79. The molecule has 0 bridgehead atoms. The first-order chi connectivity index (χ1) is 7.86. The molecule has 0 aliphatic rings. The highest BCUT2D eigenvalue weighted by molar-refractivity contribution is 5.48. The number of nitrogens with zero attached hydrogens (tertiary/aromatic N) is 1. The van der Waals surface area contributed by atoms with Gasteiger partial charge in [0.05, 0.1) is 5.60 Å². The Hall–Kier alpha value is -1.02. The summed E-state index contributed by atoms with van der Waals surface area (Å²) in [5, 5.41) is 10.4. The first-order valence-electron chi connectivity index (χ1n) is 6.41. The topological polar surface area (TPSA) is 23.5 Å². The summed E-state index contributed by atoms with van der Waals surface area (Å²) in [4.78, 5) is 2.23. The minimum Gasteiger partial charge on any atom is -0.388 e. The van der Waals surface area contributed by atoms with Crippen LogP contribution in [-0.2, 0) is 0 Å². The van der Waals surface area contributed by atoms with Crippen LogP contribution in [-0.4, -0.2) is 23.8 Å². The van der Waals surface area contributed by atoms with Crippen molar-refractivity contribution in [2.75, 3.05) is 18.0 Å². The van der Waals surface area contributed by atoms with Gasteiger partial charge in [-0.2, -0.15) is 0 Å². The maximum absolute atomic E-state index is 10.4. The molecule has 0 radical (unpaired) electrons. The van der Waals surface area contributed by atoms with Crippen LogP contribution in [0.15, 0.2) is 24.3 Å². The quantitative estimate of drug-likeness (QED) is 0.847. The number of aryl methyl sites for hydroxylation is 1. The summed E-state index contributed by atoms with van der Waals surface area (Å²) < 4.78 is 0. The Morgan fingerprint density at radius 1 is 1.35 bits per heavy atom. The van der Waals surface area contributed by atoms with Crippen LogP contribution < -0.4 is 4.90 Å². The van der Waals surface area contributed by atoms with Crippen molar-refractivity contribution in [3.05, 3.63) is 29.8 Å². The Kier molecular flexibility index (Phi) is 4.58. The Morgan fingerprint density at radius 2 is 2.00 bits per heavy atom. The molecule has 0 heterocycles. The molecule has 1 unspecified atom stereocenters. The average Bonchev–Trinajstić information content (AvgIpc) is 2.25.